The van der Waals surface area contributed by atoms with E-state index in [0.29, 0.717) is 17.1 Å². The highest BCUT2D eigenvalue weighted by Crippen LogP contribution is 2.30. The van der Waals surface area contributed by atoms with Gasteiger partial charge in [0.25, 0.3) is 5.56 Å². The first-order chi connectivity index (χ1) is 15.8. The highest BCUT2D eigenvalue weighted by atomic mass is 16.2. The molecule has 0 radical (unpaired) electrons. The maximum atomic E-state index is 12.9. The summed E-state index contributed by atoms with van der Waals surface area (Å²) in [4.78, 5) is 56.1. The van der Waals surface area contributed by atoms with Crippen LogP contribution in [0.5, 0.6) is 0 Å². The number of nitrogens with one attached hydrogen (secondary N) is 5. The predicted molar refractivity (Wildman–Crippen MR) is 125 cm³/mol. The molecular formula is C23H22N6O4. The molecule has 0 saturated heterocycles. The van der Waals surface area contributed by atoms with Crippen molar-refractivity contribution in [3.05, 3.63) is 70.0 Å². The maximum absolute atomic E-state index is 12.9. The molecule has 10 nitrogen and oxygen atoms in total. The van der Waals surface area contributed by atoms with Crippen molar-refractivity contribution >= 4 is 46.5 Å². The number of anilines is 5. The van der Waals surface area contributed by atoms with E-state index in [2.05, 4.69) is 31.2 Å². The third kappa shape index (κ3) is 5.06. The van der Waals surface area contributed by atoms with E-state index in [1.54, 1.807) is 24.3 Å². The first-order valence-corrected chi connectivity index (χ1v) is 10.2. The number of fused-ring (bicyclic) bond motifs is 1. The number of aromatic amines is 1. The molecule has 1 atom stereocenters. The van der Waals surface area contributed by atoms with Gasteiger partial charge in [0.05, 0.1) is 11.5 Å². The molecule has 0 unspecified atom stereocenters. The van der Waals surface area contributed by atoms with E-state index in [1.807, 2.05) is 31.2 Å². The van der Waals surface area contributed by atoms with Crippen LogP contribution in [0.1, 0.15) is 30.4 Å². The van der Waals surface area contributed by atoms with Crippen molar-refractivity contribution in [3.63, 3.8) is 0 Å². The van der Waals surface area contributed by atoms with Gasteiger partial charge in [-0.3, -0.25) is 24.2 Å². The van der Waals surface area contributed by atoms with Gasteiger partial charge >= 0.3 is 0 Å². The quantitative estimate of drug-likeness (QED) is 0.407. The van der Waals surface area contributed by atoms with Gasteiger partial charge in [-0.1, -0.05) is 17.7 Å². The highest BCUT2D eigenvalue weighted by molar-refractivity contribution is 6.04. The molecule has 1 aliphatic rings. The summed E-state index contributed by atoms with van der Waals surface area (Å²) in [5.74, 6) is -1.94. The molecule has 1 aliphatic heterocycles. The molecule has 2 aromatic carbocycles. The first kappa shape index (κ1) is 21.8. The Labute approximate surface area is 188 Å². The Kier molecular flexibility index (Phi) is 5.90. The fourth-order valence-electron chi connectivity index (χ4n) is 3.50. The van der Waals surface area contributed by atoms with E-state index in [0.717, 1.165) is 5.56 Å². The molecule has 0 aliphatic carbocycles. The van der Waals surface area contributed by atoms with Crippen LogP contribution in [0, 0.1) is 6.92 Å². The molecule has 4 rings (SSSR count). The number of aromatic nitrogens is 2. The number of carbonyl (C=O) groups is 3. The molecule has 168 valence electrons. The Morgan fingerprint density at radius 1 is 0.939 bits per heavy atom. The molecule has 0 spiro atoms. The molecule has 0 bridgehead atoms. The summed E-state index contributed by atoms with van der Waals surface area (Å²) in [6, 6.07) is 14.0. The average Bonchev–Trinajstić information content (AvgIpc) is 2.75. The maximum Gasteiger partial charge on any atom is 0.258 e. The summed E-state index contributed by atoms with van der Waals surface area (Å²) in [5.41, 5.74) is 2.41. The van der Waals surface area contributed by atoms with Crippen LogP contribution in [0.4, 0.5) is 28.8 Å². The third-order valence-electron chi connectivity index (χ3n) is 5.05. The molecule has 5 N–H and O–H groups in total. The minimum absolute atomic E-state index is 0.0470. The zero-order chi connectivity index (χ0) is 23.5. The van der Waals surface area contributed by atoms with Crippen LogP contribution in [0.15, 0.2) is 53.3 Å². The van der Waals surface area contributed by atoms with Gasteiger partial charge < -0.3 is 21.3 Å². The second-order valence-electron chi connectivity index (χ2n) is 7.72. The Hall–Kier alpha value is -4.47. The van der Waals surface area contributed by atoms with Crippen molar-refractivity contribution in [2.45, 2.75) is 26.2 Å². The normalized spacial score (nSPS) is 14.6. The lowest BCUT2D eigenvalue weighted by molar-refractivity contribution is -0.123. The van der Waals surface area contributed by atoms with Gasteiger partial charge in [0, 0.05) is 30.4 Å². The standard InChI is InChI=1S/C23H22N6O4/c1-12-3-5-16(6-4-12)26-23-28-20-19(22(33)29-23)17(11-18(31)27-20)21(32)25-15-9-7-14(8-10-15)24-13(2)30/h3-10,17H,11H2,1-2H3,(H,24,30)(H,25,32)(H3,26,27,28,29,31,33)/t17-/m0/s1. The summed E-state index contributed by atoms with van der Waals surface area (Å²) in [5, 5.41) is 10.9. The van der Waals surface area contributed by atoms with E-state index in [1.165, 1.54) is 6.92 Å². The summed E-state index contributed by atoms with van der Waals surface area (Å²) >= 11 is 0. The van der Waals surface area contributed by atoms with Crippen molar-refractivity contribution in [1.82, 2.24) is 9.97 Å². The number of hydrogen-bond donors (Lipinski definition) is 5. The van der Waals surface area contributed by atoms with Gasteiger partial charge in [-0.15, -0.1) is 0 Å². The number of H-pyrrole nitrogens is 1. The fourth-order valence-corrected chi connectivity index (χ4v) is 3.50. The van der Waals surface area contributed by atoms with Crippen molar-refractivity contribution in [2.75, 3.05) is 21.3 Å². The summed E-state index contributed by atoms with van der Waals surface area (Å²) in [6.45, 7) is 3.36. The summed E-state index contributed by atoms with van der Waals surface area (Å²) in [7, 11) is 0. The summed E-state index contributed by atoms with van der Waals surface area (Å²) in [6.07, 6.45) is -0.182. The smallest absolute Gasteiger partial charge is 0.258 e. The number of hydrogen-bond acceptors (Lipinski definition) is 6. The fraction of sp³-hybridized carbons (Fsp3) is 0.174. The monoisotopic (exact) mass is 446 g/mol. The Bertz CT molecular complexity index is 1280. The molecule has 2 heterocycles. The van der Waals surface area contributed by atoms with Crippen LogP contribution < -0.4 is 26.8 Å². The van der Waals surface area contributed by atoms with E-state index in [4.69, 9.17) is 0 Å². The van der Waals surface area contributed by atoms with Crippen LogP contribution in [0.2, 0.25) is 0 Å². The minimum Gasteiger partial charge on any atom is -0.326 e. The van der Waals surface area contributed by atoms with Gasteiger partial charge in [-0.25, -0.2) is 0 Å². The van der Waals surface area contributed by atoms with E-state index >= 15 is 0 Å². The minimum atomic E-state index is -1.01. The van der Waals surface area contributed by atoms with Crippen molar-refractivity contribution in [3.8, 4) is 0 Å². The topological polar surface area (TPSA) is 145 Å². The first-order valence-electron chi connectivity index (χ1n) is 10.2. The molecule has 3 aromatic rings. The van der Waals surface area contributed by atoms with E-state index in [9.17, 15) is 19.2 Å². The Morgan fingerprint density at radius 2 is 1.55 bits per heavy atom. The van der Waals surface area contributed by atoms with Crippen LogP contribution >= 0.6 is 0 Å². The lowest BCUT2D eigenvalue weighted by atomic mass is 9.92. The number of aryl methyl sites for hydroxylation is 1. The second-order valence-corrected chi connectivity index (χ2v) is 7.72. The van der Waals surface area contributed by atoms with E-state index < -0.39 is 23.3 Å². The summed E-state index contributed by atoms with van der Waals surface area (Å²) < 4.78 is 0. The number of rotatable bonds is 5. The van der Waals surface area contributed by atoms with Gasteiger partial charge in [0.15, 0.2) is 0 Å². The molecule has 0 fully saturated rings. The van der Waals surface area contributed by atoms with Crippen LogP contribution in [-0.2, 0) is 14.4 Å². The zero-order valence-corrected chi connectivity index (χ0v) is 18.0. The largest absolute Gasteiger partial charge is 0.326 e. The van der Waals surface area contributed by atoms with Crippen molar-refractivity contribution in [2.24, 2.45) is 0 Å². The third-order valence-corrected chi connectivity index (χ3v) is 5.05. The molecule has 33 heavy (non-hydrogen) atoms. The van der Waals surface area contributed by atoms with Crippen LogP contribution in [-0.4, -0.2) is 27.7 Å². The van der Waals surface area contributed by atoms with E-state index in [-0.39, 0.29) is 29.7 Å². The number of amides is 3. The SMILES string of the molecule is CC(=O)Nc1ccc(NC(=O)[C@H]2CC(=O)Nc3nc(Nc4ccc(C)cc4)[nH]c(=O)c32)cc1. The molecule has 10 heteroatoms. The van der Waals surface area contributed by atoms with Crippen LogP contribution in [0.3, 0.4) is 0 Å². The van der Waals surface area contributed by atoms with Crippen molar-refractivity contribution in [1.29, 1.82) is 0 Å². The number of nitrogens with zero attached hydrogens (tertiary/aromatic N) is 1. The second kappa shape index (κ2) is 8.95. The molecule has 0 saturated carbocycles. The number of carbonyl (C=O) groups excluding carboxylic acids is 3. The number of benzene rings is 2. The Balaban J connectivity index is 1.56. The Morgan fingerprint density at radius 3 is 2.18 bits per heavy atom. The molecular weight excluding hydrogens is 424 g/mol. The van der Waals surface area contributed by atoms with Gasteiger partial charge in [0.2, 0.25) is 23.7 Å². The lowest BCUT2D eigenvalue weighted by Crippen LogP contribution is -2.36. The highest BCUT2D eigenvalue weighted by Gasteiger charge is 2.34. The van der Waals surface area contributed by atoms with Crippen LogP contribution in [0.25, 0.3) is 0 Å². The van der Waals surface area contributed by atoms with Gasteiger partial charge in [0.1, 0.15) is 5.82 Å². The van der Waals surface area contributed by atoms with Crippen molar-refractivity contribution < 1.29 is 14.4 Å². The lowest BCUT2D eigenvalue weighted by Gasteiger charge is -2.23. The molecule has 1 aromatic heterocycles. The van der Waals surface area contributed by atoms with Gasteiger partial charge in [-0.2, -0.15) is 4.98 Å². The zero-order valence-electron chi connectivity index (χ0n) is 18.0. The average molecular weight is 446 g/mol. The predicted octanol–water partition coefficient (Wildman–Crippen LogP) is 2.84. The van der Waals surface area contributed by atoms with Gasteiger partial charge in [-0.05, 0) is 43.3 Å². The molecule has 3 amide bonds.